The lowest BCUT2D eigenvalue weighted by Gasteiger charge is -2.35. The number of hydrogen-bond acceptors (Lipinski definition) is 3. The molecule has 1 heterocycles. The van der Waals surface area contributed by atoms with Crippen molar-refractivity contribution in [2.24, 2.45) is 5.73 Å². The summed E-state index contributed by atoms with van der Waals surface area (Å²) in [6, 6.07) is 7.67. The number of likely N-dealkylation sites (tertiary alicyclic amines) is 1. The third-order valence-electron chi connectivity index (χ3n) is 3.70. The van der Waals surface area contributed by atoms with Gasteiger partial charge in [0.05, 0.1) is 6.54 Å². The van der Waals surface area contributed by atoms with E-state index in [0.29, 0.717) is 24.2 Å². The van der Waals surface area contributed by atoms with Gasteiger partial charge in [0.25, 0.3) is 0 Å². The van der Waals surface area contributed by atoms with E-state index in [9.17, 15) is 4.79 Å². The Labute approximate surface area is 125 Å². The van der Waals surface area contributed by atoms with Crippen molar-refractivity contribution in [3.8, 4) is 0 Å². The van der Waals surface area contributed by atoms with Gasteiger partial charge >= 0.3 is 0 Å². The van der Waals surface area contributed by atoms with Crippen molar-refractivity contribution in [1.29, 1.82) is 0 Å². The van der Waals surface area contributed by atoms with Crippen molar-refractivity contribution in [2.45, 2.75) is 31.7 Å². The molecular formula is C15H22ClN3O. The smallest absolute Gasteiger partial charge is 0.238 e. The van der Waals surface area contributed by atoms with Crippen molar-refractivity contribution >= 4 is 23.2 Å². The molecule has 1 atom stereocenters. The average molecular weight is 296 g/mol. The molecule has 110 valence electrons. The summed E-state index contributed by atoms with van der Waals surface area (Å²) in [5.74, 6) is 0.0104. The molecule has 1 saturated heterocycles. The highest BCUT2D eigenvalue weighted by atomic mass is 35.5. The normalized spacial score (nSPS) is 19.8. The first-order chi connectivity index (χ1) is 9.69. The predicted octanol–water partition coefficient (Wildman–Crippen LogP) is 2.48. The second-order valence-electron chi connectivity index (χ2n) is 5.26. The van der Waals surface area contributed by atoms with E-state index in [1.54, 1.807) is 12.1 Å². The maximum atomic E-state index is 12.1. The van der Waals surface area contributed by atoms with Gasteiger partial charge in [-0.15, -0.1) is 0 Å². The van der Waals surface area contributed by atoms with E-state index < -0.39 is 0 Å². The molecule has 3 N–H and O–H groups in total. The number of piperidine rings is 1. The Hall–Kier alpha value is -1.10. The minimum atomic E-state index is 0.0104. The second kappa shape index (κ2) is 7.62. The van der Waals surface area contributed by atoms with E-state index in [4.69, 9.17) is 17.3 Å². The molecule has 1 fully saturated rings. The number of rotatable bonds is 5. The predicted molar refractivity (Wildman–Crippen MR) is 83.0 cm³/mol. The molecular weight excluding hydrogens is 274 g/mol. The lowest BCUT2D eigenvalue weighted by atomic mass is 9.99. The van der Waals surface area contributed by atoms with E-state index >= 15 is 0 Å². The second-order valence-corrected chi connectivity index (χ2v) is 5.69. The van der Waals surface area contributed by atoms with Gasteiger partial charge in [0, 0.05) is 16.8 Å². The van der Waals surface area contributed by atoms with Crippen LogP contribution in [0.5, 0.6) is 0 Å². The summed E-state index contributed by atoms with van der Waals surface area (Å²) in [7, 11) is 0. The minimum Gasteiger partial charge on any atom is -0.330 e. The molecule has 0 spiro atoms. The number of amides is 1. The summed E-state index contributed by atoms with van der Waals surface area (Å²) >= 11 is 5.91. The number of nitrogens with two attached hydrogens (primary N) is 1. The van der Waals surface area contributed by atoms with Crippen LogP contribution in [0.4, 0.5) is 5.69 Å². The quantitative estimate of drug-likeness (QED) is 0.877. The molecule has 4 nitrogen and oxygen atoms in total. The van der Waals surface area contributed by atoms with Gasteiger partial charge in [0.2, 0.25) is 5.91 Å². The Kier molecular flexibility index (Phi) is 5.83. The number of nitrogens with zero attached hydrogens (tertiary/aromatic N) is 1. The zero-order valence-electron chi connectivity index (χ0n) is 11.6. The molecule has 0 saturated carbocycles. The third kappa shape index (κ3) is 4.47. The fraction of sp³-hybridized carbons (Fsp3) is 0.533. The van der Waals surface area contributed by atoms with Gasteiger partial charge in [-0.05, 0) is 50.6 Å². The van der Waals surface area contributed by atoms with Crippen molar-refractivity contribution < 1.29 is 4.79 Å². The molecule has 1 aliphatic heterocycles. The van der Waals surface area contributed by atoms with Gasteiger partial charge < -0.3 is 11.1 Å². The summed E-state index contributed by atoms with van der Waals surface area (Å²) in [4.78, 5) is 14.4. The monoisotopic (exact) mass is 295 g/mol. The van der Waals surface area contributed by atoms with Gasteiger partial charge in [0.15, 0.2) is 0 Å². The van der Waals surface area contributed by atoms with Crippen LogP contribution in [-0.4, -0.2) is 36.5 Å². The zero-order chi connectivity index (χ0) is 14.4. The van der Waals surface area contributed by atoms with Crippen LogP contribution in [0.1, 0.15) is 25.7 Å². The average Bonchev–Trinajstić information content (AvgIpc) is 2.41. The molecule has 1 aromatic carbocycles. The molecule has 1 amide bonds. The molecule has 0 aliphatic carbocycles. The maximum absolute atomic E-state index is 12.1. The number of carbonyl (C=O) groups is 1. The van der Waals surface area contributed by atoms with Crippen LogP contribution in [0.3, 0.4) is 0 Å². The summed E-state index contributed by atoms with van der Waals surface area (Å²) in [5, 5.41) is 3.52. The first-order valence-electron chi connectivity index (χ1n) is 7.18. The summed E-state index contributed by atoms with van der Waals surface area (Å²) in [6.07, 6.45) is 4.49. The van der Waals surface area contributed by atoms with E-state index in [1.165, 1.54) is 6.42 Å². The SMILES string of the molecule is NCCC1CCCCN1CC(=O)Nc1cccc(Cl)c1. The highest BCUT2D eigenvalue weighted by Crippen LogP contribution is 2.19. The molecule has 1 aliphatic rings. The fourth-order valence-corrected chi connectivity index (χ4v) is 2.93. The Morgan fingerprint density at radius 2 is 2.30 bits per heavy atom. The minimum absolute atomic E-state index is 0.0104. The van der Waals surface area contributed by atoms with E-state index in [0.717, 1.165) is 31.5 Å². The lowest BCUT2D eigenvalue weighted by molar-refractivity contribution is -0.118. The van der Waals surface area contributed by atoms with Crippen LogP contribution in [0, 0.1) is 0 Å². The summed E-state index contributed by atoms with van der Waals surface area (Å²) < 4.78 is 0. The summed E-state index contributed by atoms with van der Waals surface area (Å²) in [6.45, 7) is 2.09. The van der Waals surface area contributed by atoms with Gasteiger partial charge in [0.1, 0.15) is 0 Å². The van der Waals surface area contributed by atoms with Gasteiger partial charge in [-0.2, -0.15) is 0 Å². The first kappa shape index (κ1) is 15.3. The van der Waals surface area contributed by atoms with Crippen LogP contribution < -0.4 is 11.1 Å². The van der Waals surface area contributed by atoms with E-state index in [1.807, 2.05) is 12.1 Å². The highest BCUT2D eigenvalue weighted by Gasteiger charge is 2.23. The van der Waals surface area contributed by atoms with Crippen molar-refractivity contribution in [3.05, 3.63) is 29.3 Å². The topological polar surface area (TPSA) is 58.4 Å². The number of benzene rings is 1. The zero-order valence-corrected chi connectivity index (χ0v) is 12.4. The molecule has 2 rings (SSSR count). The molecule has 0 aromatic heterocycles. The van der Waals surface area contributed by atoms with E-state index in [-0.39, 0.29) is 5.91 Å². The van der Waals surface area contributed by atoms with Crippen molar-refractivity contribution in [1.82, 2.24) is 4.90 Å². The highest BCUT2D eigenvalue weighted by molar-refractivity contribution is 6.30. The third-order valence-corrected chi connectivity index (χ3v) is 3.94. The molecule has 20 heavy (non-hydrogen) atoms. The van der Waals surface area contributed by atoms with Crippen LogP contribution in [0.15, 0.2) is 24.3 Å². The largest absolute Gasteiger partial charge is 0.330 e. The Morgan fingerprint density at radius 1 is 1.45 bits per heavy atom. The fourth-order valence-electron chi connectivity index (χ4n) is 2.74. The first-order valence-corrected chi connectivity index (χ1v) is 7.56. The molecule has 0 radical (unpaired) electrons. The maximum Gasteiger partial charge on any atom is 0.238 e. The van der Waals surface area contributed by atoms with Crippen LogP contribution >= 0.6 is 11.6 Å². The molecule has 0 bridgehead atoms. The molecule has 5 heteroatoms. The number of nitrogens with one attached hydrogen (secondary N) is 1. The van der Waals surface area contributed by atoms with E-state index in [2.05, 4.69) is 10.2 Å². The van der Waals surface area contributed by atoms with Crippen LogP contribution in [0.25, 0.3) is 0 Å². The van der Waals surface area contributed by atoms with Crippen molar-refractivity contribution in [3.63, 3.8) is 0 Å². The van der Waals surface area contributed by atoms with Crippen LogP contribution in [0.2, 0.25) is 5.02 Å². The number of anilines is 1. The molecule has 1 unspecified atom stereocenters. The number of halogens is 1. The Morgan fingerprint density at radius 3 is 3.05 bits per heavy atom. The van der Waals surface area contributed by atoms with Crippen molar-refractivity contribution in [2.75, 3.05) is 25.0 Å². The molecule has 1 aromatic rings. The Bertz CT molecular complexity index is 450. The Balaban J connectivity index is 1.89. The van der Waals surface area contributed by atoms with Gasteiger partial charge in [-0.1, -0.05) is 24.1 Å². The van der Waals surface area contributed by atoms with Gasteiger partial charge in [-0.25, -0.2) is 0 Å². The van der Waals surface area contributed by atoms with Gasteiger partial charge in [-0.3, -0.25) is 9.69 Å². The summed E-state index contributed by atoms with van der Waals surface area (Å²) in [5.41, 5.74) is 6.40. The standard InChI is InChI=1S/C15H22ClN3O/c16-12-4-3-5-13(10-12)18-15(20)11-19-9-2-1-6-14(19)7-8-17/h3-5,10,14H,1-2,6-9,11,17H2,(H,18,20). The number of hydrogen-bond donors (Lipinski definition) is 2. The number of carbonyl (C=O) groups excluding carboxylic acids is 1. The van der Waals surface area contributed by atoms with Crippen LogP contribution in [-0.2, 0) is 4.79 Å². The lowest BCUT2D eigenvalue weighted by Crippen LogP contribution is -2.44.